The van der Waals surface area contributed by atoms with Gasteiger partial charge < -0.3 is 20.4 Å². The van der Waals surface area contributed by atoms with E-state index in [9.17, 15) is 29.7 Å². The van der Waals surface area contributed by atoms with Crippen LogP contribution in [0.3, 0.4) is 0 Å². The van der Waals surface area contributed by atoms with Gasteiger partial charge in [-0.2, -0.15) is 0 Å². The molecule has 140 valence electrons. The number of rotatable bonds is 15. The minimum absolute atomic E-state index is 0.0205. The Morgan fingerprint density at radius 1 is 0.875 bits per heavy atom. The second kappa shape index (κ2) is 11.8. The third-order valence-electron chi connectivity index (χ3n) is 4.31. The van der Waals surface area contributed by atoms with Gasteiger partial charge in [-0.25, -0.2) is 4.79 Å². The van der Waals surface area contributed by atoms with Gasteiger partial charge in [-0.3, -0.25) is 9.59 Å². The lowest BCUT2D eigenvalue weighted by Crippen LogP contribution is -2.49. The van der Waals surface area contributed by atoms with Crippen molar-refractivity contribution >= 4 is 17.9 Å². The fourth-order valence-corrected chi connectivity index (χ4v) is 2.78. The highest BCUT2D eigenvalue weighted by atomic mass is 16.4. The summed E-state index contributed by atoms with van der Waals surface area (Å²) >= 11 is 0. The Hall–Kier alpha value is -1.63. The molecule has 0 heterocycles. The molecule has 0 radical (unpaired) electrons. The Labute approximate surface area is 142 Å². The second-order valence-electron chi connectivity index (χ2n) is 6.28. The van der Waals surface area contributed by atoms with Gasteiger partial charge in [-0.1, -0.05) is 58.3 Å². The van der Waals surface area contributed by atoms with Crippen molar-refractivity contribution in [3.63, 3.8) is 0 Å². The maximum atomic E-state index is 11.4. The van der Waals surface area contributed by atoms with Crippen molar-refractivity contribution in [3.05, 3.63) is 0 Å². The normalized spacial score (nSPS) is 14.8. The lowest BCUT2D eigenvalue weighted by molar-refractivity contribution is -0.176. The third kappa shape index (κ3) is 8.29. The molecular weight excluding hydrogens is 316 g/mol. The molecule has 0 aliphatic carbocycles. The number of carboxylic acids is 3. The highest BCUT2D eigenvalue weighted by Gasteiger charge is 2.47. The summed E-state index contributed by atoms with van der Waals surface area (Å²) < 4.78 is 0. The molecule has 0 saturated heterocycles. The van der Waals surface area contributed by atoms with E-state index in [1.54, 1.807) is 0 Å². The minimum Gasteiger partial charge on any atom is -0.481 e. The van der Waals surface area contributed by atoms with E-state index in [4.69, 9.17) is 5.11 Å². The van der Waals surface area contributed by atoms with E-state index in [2.05, 4.69) is 6.92 Å². The van der Waals surface area contributed by atoms with Gasteiger partial charge in [0.25, 0.3) is 0 Å². The number of carboxylic acid groups (broad SMARTS) is 3. The van der Waals surface area contributed by atoms with Crippen molar-refractivity contribution in [2.45, 2.75) is 83.2 Å². The van der Waals surface area contributed by atoms with Crippen LogP contribution in [0.2, 0.25) is 0 Å². The molecule has 7 nitrogen and oxygen atoms in total. The van der Waals surface area contributed by atoms with Crippen molar-refractivity contribution in [1.29, 1.82) is 0 Å². The molecule has 4 N–H and O–H groups in total. The van der Waals surface area contributed by atoms with Gasteiger partial charge in [0.1, 0.15) is 0 Å². The minimum atomic E-state index is -2.55. The summed E-state index contributed by atoms with van der Waals surface area (Å²) in [5.74, 6) is -5.87. The van der Waals surface area contributed by atoms with Gasteiger partial charge in [-0.15, -0.1) is 0 Å². The molecule has 0 aromatic rings. The number of unbranched alkanes of at least 4 members (excludes halogenated alkanes) is 7. The topological polar surface area (TPSA) is 132 Å². The zero-order chi connectivity index (χ0) is 18.6. The lowest BCUT2D eigenvalue weighted by Gasteiger charge is -2.29. The quantitative estimate of drug-likeness (QED) is 0.335. The van der Waals surface area contributed by atoms with E-state index in [-0.39, 0.29) is 6.42 Å². The van der Waals surface area contributed by atoms with Crippen molar-refractivity contribution < 1.29 is 34.8 Å². The SMILES string of the molecule is CCCCCCCCCC[C@H](C(=O)O)[C@@](O)(CCC(=O)O)C(=O)O. The predicted molar refractivity (Wildman–Crippen MR) is 87.8 cm³/mol. The fraction of sp³-hybridized carbons (Fsp3) is 0.824. The maximum Gasteiger partial charge on any atom is 0.336 e. The largest absolute Gasteiger partial charge is 0.481 e. The lowest BCUT2D eigenvalue weighted by atomic mass is 9.80. The molecule has 0 bridgehead atoms. The van der Waals surface area contributed by atoms with Crippen LogP contribution in [0.5, 0.6) is 0 Å². The standard InChI is InChI=1S/C17H30O7/c1-2-3-4-5-6-7-8-9-10-13(15(20)21)17(24,16(22)23)12-11-14(18)19/h13,24H,2-12H2,1H3,(H,18,19)(H,20,21)(H,22,23)/t13-,17+/m1/s1. The Bertz CT molecular complexity index is 408. The summed E-state index contributed by atoms with van der Waals surface area (Å²) in [7, 11) is 0. The Kier molecular flexibility index (Phi) is 11.0. The van der Waals surface area contributed by atoms with Gasteiger partial charge in [0, 0.05) is 6.42 Å². The zero-order valence-corrected chi connectivity index (χ0v) is 14.4. The Morgan fingerprint density at radius 3 is 1.79 bits per heavy atom. The van der Waals surface area contributed by atoms with Crippen LogP contribution in [0, 0.1) is 5.92 Å². The van der Waals surface area contributed by atoms with E-state index in [1.807, 2.05) is 0 Å². The van der Waals surface area contributed by atoms with Crippen LogP contribution in [-0.2, 0) is 14.4 Å². The van der Waals surface area contributed by atoms with Crippen molar-refractivity contribution in [3.8, 4) is 0 Å². The smallest absolute Gasteiger partial charge is 0.336 e. The summed E-state index contributed by atoms with van der Waals surface area (Å²) in [6.45, 7) is 2.14. The van der Waals surface area contributed by atoms with Gasteiger partial charge in [0.05, 0.1) is 5.92 Å². The Morgan fingerprint density at radius 2 is 1.38 bits per heavy atom. The van der Waals surface area contributed by atoms with Crippen LogP contribution in [0.25, 0.3) is 0 Å². The maximum absolute atomic E-state index is 11.4. The van der Waals surface area contributed by atoms with Crippen LogP contribution >= 0.6 is 0 Å². The molecule has 2 atom stereocenters. The summed E-state index contributed by atoms with van der Waals surface area (Å²) in [5, 5.41) is 37.3. The number of aliphatic carboxylic acids is 3. The Balaban J connectivity index is 4.46. The summed E-state index contributed by atoms with van der Waals surface area (Å²) in [5.41, 5.74) is -2.55. The third-order valence-corrected chi connectivity index (χ3v) is 4.31. The average molecular weight is 346 g/mol. The molecule has 0 saturated carbocycles. The van der Waals surface area contributed by atoms with E-state index in [0.29, 0.717) is 6.42 Å². The first-order valence-corrected chi connectivity index (χ1v) is 8.66. The number of hydrogen-bond acceptors (Lipinski definition) is 4. The first kappa shape index (κ1) is 22.4. The molecule has 0 fully saturated rings. The fourth-order valence-electron chi connectivity index (χ4n) is 2.78. The molecule has 0 aliphatic rings. The number of carbonyl (C=O) groups is 3. The average Bonchev–Trinajstić information content (AvgIpc) is 2.50. The van der Waals surface area contributed by atoms with Gasteiger partial charge in [0.2, 0.25) is 0 Å². The van der Waals surface area contributed by atoms with Crippen LogP contribution in [0.1, 0.15) is 77.6 Å². The number of aliphatic hydroxyl groups is 1. The first-order chi connectivity index (χ1) is 11.3. The summed E-state index contributed by atoms with van der Waals surface area (Å²) in [4.78, 5) is 33.3. The molecule has 24 heavy (non-hydrogen) atoms. The van der Waals surface area contributed by atoms with E-state index < -0.39 is 42.3 Å². The molecular formula is C17H30O7. The van der Waals surface area contributed by atoms with Crippen molar-refractivity contribution in [2.24, 2.45) is 5.92 Å². The molecule has 0 rings (SSSR count). The molecule has 0 aliphatic heterocycles. The molecule has 0 aromatic heterocycles. The number of hydrogen-bond donors (Lipinski definition) is 4. The van der Waals surface area contributed by atoms with Crippen LogP contribution < -0.4 is 0 Å². The van der Waals surface area contributed by atoms with Crippen LogP contribution in [0.15, 0.2) is 0 Å². The first-order valence-electron chi connectivity index (χ1n) is 8.66. The van der Waals surface area contributed by atoms with Crippen molar-refractivity contribution in [2.75, 3.05) is 0 Å². The molecule has 0 unspecified atom stereocenters. The molecule has 0 spiro atoms. The van der Waals surface area contributed by atoms with Gasteiger partial charge in [-0.05, 0) is 12.8 Å². The second-order valence-corrected chi connectivity index (χ2v) is 6.28. The molecule has 7 heteroatoms. The van der Waals surface area contributed by atoms with E-state index in [0.717, 1.165) is 25.7 Å². The summed E-state index contributed by atoms with van der Waals surface area (Å²) in [6, 6.07) is 0. The highest BCUT2D eigenvalue weighted by Crippen LogP contribution is 2.29. The van der Waals surface area contributed by atoms with Crippen molar-refractivity contribution in [1.82, 2.24) is 0 Å². The highest BCUT2D eigenvalue weighted by molar-refractivity contribution is 5.86. The van der Waals surface area contributed by atoms with Gasteiger partial charge in [0.15, 0.2) is 5.60 Å². The summed E-state index contributed by atoms with van der Waals surface area (Å²) in [6.07, 6.45) is 6.76. The monoisotopic (exact) mass is 346 g/mol. The predicted octanol–water partition coefficient (Wildman–Crippen LogP) is 2.90. The molecule has 0 aromatic carbocycles. The zero-order valence-electron chi connectivity index (χ0n) is 14.4. The van der Waals surface area contributed by atoms with Crippen LogP contribution in [-0.4, -0.2) is 43.9 Å². The van der Waals surface area contributed by atoms with E-state index >= 15 is 0 Å². The van der Waals surface area contributed by atoms with E-state index in [1.165, 1.54) is 19.3 Å². The van der Waals surface area contributed by atoms with Gasteiger partial charge >= 0.3 is 17.9 Å². The molecule has 0 amide bonds. The van der Waals surface area contributed by atoms with Crippen LogP contribution in [0.4, 0.5) is 0 Å².